The Morgan fingerprint density at radius 1 is 1.40 bits per heavy atom. The Morgan fingerprint density at radius 2 is 2.20 bits per heavy atom. The van der Waals surface area contributed by atoms with Crippen molar-refractivity contribution in [3.05, 3.63) is 28.3 Å². The Hall–Kier alpha value is -0.730. The van der Waals surface area contributed by atoms with E-state index in [2.05, 4.69) is 11.4 Å². The second kappa shape index (κ2) is 4.42. The summed E-state index contributed by atoms with van der Waals surface area (Å²) in [5.74, 6) is 0.812. The highest BCUT2D eigenvalue weighted by Gasteiger charge is 2.15. The van der Waals surface area contributed by atoms with Gasteiger partial charge in [-0.1, -0.05) is 17.7 Å². The number of nitrogens with one attached hydrogen (secondary N) is 1. The average molecular weight is 226 g/mol. The van der Waals surface area contributed by atoms with Crippen LogP contribution in [0.4, 0.5) is 0 Å². The summed E-state index contributed by atoms with van der Waals surface area (Å²) in [5.41, 5.74) is 2.54. The Kier molecular flexibility index (Phi) is 3.17. The lowest BCUT2D eigenvalue weighted by Crippen LogP contribution is -2.24. The second-order valence-corrected chi connectivity index (χ2v) is 4.49. The maximum atomic E-state index is 6.32. The maximum Gasteiger partial charge on any atom is 0.138 e. The van der Waals surface area contributed by atoms with E-state index in [0.29, 0.717) is 0 Å². The summed E-state index contributed by atoms with van der Waals surface area (Å²) in [7, 11) is 0. The first-order valence-corrected chi connectivity index (χ1v) is 5.74. The van der Waals surface area contributed by atoms with Gasteiger partial charge < -0.3 is 10.1 Å². The summed E-state index contributed by atoms with van der Waals surface area (Å²) >= 11 is 6.32. The maximum absolute atomic E-state index is 6.32. The van der Waals surface area contributed by atoms with E-state index in [1.807, 2.05) is 19.9 Å². The van der Waals surface area contributed by atoms with Crippen molar-refractivity contribution in [1.29, 1.82) is 0 Å². The smallest absolute Gasteiger partial charge is 0.138 e. The van der Waals surface area contributed by atoms with Crippen LogP contribution in [0, 0.1) is 0 Å². The zero-order valence-corrected chi connectivity index (χ0v) is 9.90. The summed E-state index contributed by atoms with van der Waals surface area (Å²) in [6, 6.07) is 4.07. The summed E-state index contributed by atoms with van der Waals surface area (Å²) in [6.45, 7) is 5.93. The third-order valence-corrected chi connectivity index (χ3v) is 2.95. The molecule has 2 nitrogen and oxygen atoms in total. The van der Waals surface area contributed by atoms with Crippen LogP contribution in [0.3, 0.4) is 0 Å². The molecule has 0 fully saturated rings. The van der Waals surface area contributed by atoms with Crippen molar-refractivity contribution >= 4 is 11.6 Å². The SMILES string of the molecule is CC(C)Oc1ccc2c(c1Cl)CCNC2. The van der Waals surface area contributed by atoms with E-state index in [1.54, 1.807) is 0 Å². The largest absolute Gasteiger partial charge is 0.489 e. The van der Waals surface area contributed by atoms with E-state index < -0.39 is 0 Å². The van der Waals surface area contributed by atoms with Crippen LogP contribution in [0.1, 0.15) is 25.0 Å². The van der Waals surface area contributed by atoms with Crippen LogP contribution in [-0.4, -0.2) is 12.6 Å². The molecule has 0 saturated carbocycles. The predicted octanol–water partition coefficient (Wildman–Crippen LogP) is 2.77. The molecule has 0 radical (unpaired) electrons. The van der Waals surface area contributed by atoms with Gasteiger partial charge >= 0.3 is 0 Å². The van der Waals surface area contributed by atoms with Crippen LogP contribution in [-0.2, 0) is 13.0 Å². The topological polar surface area (TPSA) is 21.3 Å². The number of benzene rings is 1. The predicted molar refractivity (Wildman–Crippen MR) is 62.6 cm³/mol. The first kappa shape index (κ1) is 10.8. The molecule has 2 rings (SSSR count). The highest BCUT2D eigenvalue weighted by Crippen LogP contribution is 2.32. The quantitative estimate of drug-likeness (QED) is 0.836. The molecule has 0 aliphatic carbocycles. The van der Waals surface area contributed by atoms with Crippen LogP contribution in [0.15, 0.2) is 12.1 Å². The van der Waals surface area contributed by atoms with Crippen LogP contribution >= 0.6 is 11.6 Å². The Balaban J connectivity index is 2.34. The van der Waals surface area contributed by atoms with Crippen LogP contribution in [0.5, 0.6) is 5.75 Å². The molecule has 0 atom stereocenters. The van der Waals surface area contributed by atoms with E-state index in [9.17, 15) is 0 Å². The first-order chi connectivity index (χ1) is 7.18. The van der Waals surface area contributed by atoms with Gasteiger partial charge in [-0.05, 0) is 44.0 Å². The van der Waals surface area contributed by atoms with Gasteiger partial charge in [0.05, 0.1) is 11.1 Å². The van der Waals surface area contributed by atoms with Gasteiger partial charge in [0.15, 0.2) is 0 Å². The molecule has 3 heteroatoms. The lowest BCUT2D eigenvalue weighted by Gasteiger charge is -2.21. The van der Waals surface area contributed by atoms with Crippen molar-refractivity contribution in [3.63, 3.8) is 0 Å². The fourth-order valence-electron chi connectivity index (χ4n) is 1.86. The van der Waals surface area contributed by atoms with Gasteiger partial charge in [-0.25, -0.2) is 0 Å². The van der Waals surface area contributed by atoms with Crippen LogP contribution in [0.2, 0.25) is 5.02 Å². The first-order valence-electron chi connectivity index (χ1n) is 5.36. The number of fused-ring (bicyclic) bond motifs is 1. The molecule has 0 bridgehead atoms. The molecule has 0 amide bonds. The minimum absolute atomic E-state index is 0.169. The molecule has 0 spiro atoms. The van der Waals surface area contributed by atoms with E-state index in [-0.39, 0.29) is 6.10 Å². The number of hydrogen-bond donors (Lipinski definition) is 1. The number of halogens is 1. The zero-order chi connectivity index (χ0) is 10.8. The standard InChI is InChI=1S/C12H16ClNO/c1-8(2)15-11-4-3-9-7-14-6-5-10(9)12(11)13/h3-4,8,14H,5-7H2,1-2H3. The van der Waals surface area contributed by atoms with Crippen molar-refractivity contribution in [2.75, 3.05) is 6.54 Å². The molecular formula is C12H16ClNO. The number of hydrogen-bond acceptors (Lipinski definition) is 2. The summed E-state index contributed by atoms with van der Waals surface area (Å²) in [6.07, 6.45) is 1.16. The molecule has 1 aromatic rings. The molecule has 1 N–H and O–H groups in total. The van der Waals surface area contributed by atoms with E-state index in [4.69, 9.17) is 16.3 Å². The molecule has 82 valence electrons. The fraction of sp³-hybridized carbons (Fsp3) is 0.500. The molecule has 1 heterocycles. The van der Waals surface area contributed by atoms with Crippen molar-refractivity contribution in [1.82, 2.24) is 5.32 Å². The Morgan fingerprint density at radius 3 is 2.93 bits per heavy atom. The van der Waals surface area contributed by atoms with Gasteiger partial charge in [0, 0.05) is 6.54 Å². The molecule has 1 aliphatic heterocycles. The highest BCUT2D eigenvalue weighted by molar-refractivity contribution is 6.33. The minimum Gasteiger partial charge on any atom is -0.489 e. The molecule has 0 aromatic heterocycles. The zero-order valence-electron chi connectivity index (χ0n) is 9.14. The molecule has 15 heavy (non-hydrogen) atoms. The summed E-state index contributed by atoms with van der Waals surface area (Å²) < 4.78 is 5.66. The van der Waals surface area contributed by atoms with Crippen LogP contribution in [0.25, 0.3) is 0 Å². The van der Waals surface area contributed by atoms with Crippen molar-refractivity contribution in [3.8, 4) is 5.75 Å². The summed E-state index contributed by atoms with van der Waals surface area (Å²) in [4.78, 5) is 0. The van der Waals surface area contributed by atoms with Gasteiger partial charge in [0.25, 0.3) is 0 Å². The highest BCUT2D eigenvalue weighted by atomic mass is 35.5. The lowest BCUT2D eigenvalue weighted by atomic mass is 10.0. The van der Waals surface area contributed by atoms with Crippen molar-refractivity contribution < 1.29 is 4.74 Å². The molecular weight excluding hydrogens is 210 g/mol. The van der Waals surface area contributed by atoms with Gasteiger partial charge in [-0.15, -0.1) is 0 Å². The van der Waals surface area contributed by atoms with Crippen LogP contribution < -0.4 is 10.1 Å². The molecule has 1 aromatic carbocycles. The van der Waals surface area contributed by atoms with Crippen molar-refractivity contribution in [2.24, 2.45) is 0 Å². The van der Waals surface area contributed by atoms with Gasteiger partial charge in [0.2, 0.25) is 0 Å². The molecule has 1 aliphatic rings. The normalized spacial score (nSPS) is 15.2. The van der Waals surface area contributed by atoms with Gasteiger partial charge in [0.1, 0.15) is 5.75 Å². The fourth-order valence-corrected chi connectivity index (χ4v) is 2.18. The van der Waals surface area contributed by atoms with Gasteiger partial charge in [-0.2, -0.15) is 0 Å². The average Bonchev–Trinajstić information content (AvgIpc) is 2.22. The Bertz CT molecular complexity index is 363. The third kappa shape index (κ3) is 2.27. The Labute approximate surface area is 95.6 Å². The lowest BCUT2D eigenvalue weighted by molar-refractivity contribution is 0.242. The number of rotatable bonds is 2. The van der Waals surface area contributed by atoms with E-state index in [1.165, 1.54) is 11.1 Å². The van der Waals surface area contributed by atoms with Gasteiger partial charge in [-0.3, -0.25) is 0 Å². The van der Waals surface area contributed by atoms with E-state index in [0.717, 1.165) is 30.3 Å². The minimum atomic E-state index is 0.169. The number of ether oxygens (including phenoxy) is 1. The molecule has 0 unspecified atom stereocenters. The summed E-state index contributed by atoms with van der Waals surface area (Å²) in [5, 5.41) is 4.12. The van der Waals surface area contributed by atoms with Crippen molar-refractivity contribution in [2.45, 2.75) is 32.9 Å². The molecule has 0 saturated heterocycles. The van der Waals surface area contributed by atoms with E-state index >= 15 is 0 Å². The third-order valence-electron chi connectivity index (χ3n) is 2.53. The second-order valence-electron chi connectivity index (χ2n) is 4.11. The monoisotopic (exact) mass is 225 g/mol.